The normalized spacial score (nSPS) is 10.6. The van der Waals surface area contributed by atoms with E-state index in [1.54, 1.807) is 0 Å². The zero-order valence-corrected chi connectivity index (χ0v) is 13.9. The number of rotatable bonds is 5. The second-order valence-corrected chi connectivity index (χ2v) is 6.24. The Kier molecular flexibility index (Phi) is 4.57. The number of hydrogen-bond acceptors (Lipinski definition) is 5. The Balaban J connectivity index is 2.04. The molecule has 0 aliphatic heterocycles. The summed E-state index contributed by atoms with van der Waals surface area (Å²) in [7, 11) is 1.47. The average Bonchev–Trinajstić information content (AvgIpc) is 3.22. The second-order valence-electron chi connectivity index (χ2n) is 5.21. The van der Waals surface area contributed by atoms with Gasteiger partial charge in [0.2, 0.25) is 5.69 Å². The van der Waals surface area contributed by atoms with Crippen LogP contribution in [-0.2, 0) is 13.6 Å². The maximum absolute atomic E-state index is 13.2. The highest BCUT2D eigenvalue weighted by Gasteiger charge is 2.30. The lowest BCUT2D eigenvalue weighted by atomic mass is 10.2. The minimum atomic E-state index is -0.645. The average molecular weight is 360 g/mol. The molecule has 3 aromatic rings. The number of halogens is 1. The van der Waals surface area contributed by atoms with Crippen LogP contribution >= 0.6 is 11.3 Å². The Bertz CT molecular complexity index is 906. The Hall–Kier alpha value is -3.07. The predicted molar refractivity (Wildman–Crippen MR) is 91.1 cm³/mol. The first-order valence-corrected chi connectivity index (χ1v) is 8.11. The fourth-order valence-electron chi connectivity index (χ4n) is 2.40. The molecule has 1 amide bonds. The maximum atomic E-state index is 13.2. The van der Waals surface area contributed by atoms with Gasteiger partial charge in [-0.2, -0.15) is 5.10 Å². The van der Waals surface area contributed by atoms with Crippen LogP contribution in [0.3, 0.4) is 0 Å². The SMILES string of the molecule is Cn1ncc([N+](=O)[O-])c1C(=O)N(Cc1cccs1)c1ccc(F)cc1. The molecule has 0 N–H and O–H groups in total. The van der Waals surface area contributed by atoms with Gasteiger partial charge in [-0.1, -0.05) is 6.07 Å². The van der Waals surface area contributed by atoms with Gasteiger partial charge in [0.1, 0.15) is 12.0 Å². The van der Waals surface area contributed by atoms with Crippen LogP contribution in [0.5, 0.6) is 0 Å². The van der Waals surface area contributed by atoms with Crippen LogP contribution in [-0.4, -0.2) is 20.6 Å². The highest BCUT2D eigenvalue weighted by molar-refractivity contribution is 7.09. The molecule has 9 heteroatoms. The fourth-order valence-corrected chi connectivity index (χ4v) is 3.09. The van der Waals surface area contributed by atoms with Crippen molar-refractivity contribution in [3.63, 3.8) is 0 Å². The summed E-state index contributed by atoms with van der Waals surface area (Å²) in [5.41, 5.74) is -0.0630. The van der Waals surface area contributed by atoms with Crippen LogP contribution in [0.4, 0.5) is 15.8 Å². The van der Waals surface area contributed by atoms with Gasteiger partial charge in [0.15, 0.2) is 0 Å². The van der Waals surface area contributed by atoms with Crippen molar-refractivity contribution in [2.45, 2.75) is 6.54 Å². The Morgan fingerprint density at radius 3 is 2.68 bits per heavy atom. The summed E-state index contributed by atoms with van der Waals surface area (Å²) in [5, 5.41) is 16.9. The molecule has 1 aromatic carbocycles. The third-order valence-corrected chi connectivity index (χ3v) is 4.46. The van der Waals surface area contributed by atoms with Crippen molar-refractivity contribution in [3.8, 4) is 0 Å². The van der Waals surface area contributed by atoms with Gasteiger partial charge in [-0.05, 0) is 35.7 Å². The van der Waals surface area contributed by atoms with Crippen molar-refractivity contribution in [1.82, 2.24) is 9.78 Å². The van der Waals surface area contributed by atoms with Gasteiger partial charge in [-0.25, -0.2) is 4.39 Å². The first-order valence-electron chi connectivity index (χ1n) is 7.23. The lowest BCUT2D eigenvalue weighted by molar-refractivity contribution is -0.385. The van der Waals surface area contributed by atoms with Crippen LogP contribution in [0.15, 0.2) is 48.0 Å². The summed E-state index contributed by atoms with van der Waals surface area (Å²) in [6.07, 6.45) is 1.04. The number of anilines is 1. The van der Waals surface area contributed by atoms with Crippen molar-refractivity contribution in [2.75, 3.05) is 4.90 Å². The summed E-state index contributed by atoms with van der Waals surface area (Å²) in [6.45, 7) is 0.213. The monoisotopic (exact) mass is 360 g/mol. The van der Waals surface area contributed by atoms with E-state index in [4.69, 9.17) is 0 Å². The van der Waals surface area contributed by atoms with Crippen molar-refractivity contribution in [3.05, 3.63) is 74.5 Å². The van der Waals surface area contributed by atoms with E-state index in [0.29, 0.717) is 5.69 Å². The molecule has 0 saturated carbocycles. The van der Waals surface area contributed by atoms with Gasteiger partial charge < -0.3 is 4.90 Å². The number of thiophene rings is 1. The molecule has 3 rings (SSSR count). The topological polar surface area (TPSA) is 81.3 Å². The summed E-state index contributed by atoms with van der Waals surface area (Å²) in [4.78, 5) is 25.8. The quantitative estimate of drug-likeness (QED) is 0.516. The van der Waals surface area contributed by atoms with Crippen molar-refractivity contribution >= 4 is 28.6 Å². The molecule has 128 valence electrons. The minimum Gasteiger partial charge on any atom is -0.302 e. The van der Waals surface area contributed by atoms with E-state index in [1.165, 1.54) is 52.2 Å². The molecule has 0 aliphatic rings. The Morgan fingerprint density at radius 1 is 1.36 bits per heavy atom. The fraction of sp³-hybridized carbons (Fsp3) is 0.125. The molecule has 0 saturated heterocycles. The minimum absolute atomic E-state index is 0.133. The number of carbonyl (C=O) groups is 1. The maximum Gasteiger partial charge on any atom is 0.320 e. The van der Waals surface area contributed by atoms with E-state index < -0.39 is 16.6 Å². The molecule has 0 unspecified atom stereocenters. The number of aromatic nitrogens is 2. The molecule has 0 aliphatic carbocycles. The highest BCUT2D eigenvalue weighted by atomic mass is 32.1. The van der Waals surface area contributed by atoms with Gasteiger partial charge in [-0.15, -0.1) is 11.3 Å². The number of amides is 1. The van der Waals surface area contributed by atoms with E-state index in [-0.39, 0.29) is 17.9 Å². The van der Waals surface area contributed by atoms with Gasteiger partial charge in [0.25, 0.3) is 5.91 Å². The number of benzene rings is 1. The molecule has 2 heterocycles. The molecule has 0 radical (unpaired) electrons. The van der Waals surface area contributed by atoms with Crippen LogP contribution in [0.25, 0.3) is 0 Å². The van der Waals surface area contributed by atoms with Gasteiger partial charge in [0, 0.05) is 17.6 Å². The van der Waals surface area contributed by atoms with Gasteiger partial charge in [0.05, 0.1) is 11.5 Å². The van der Waals surface area contributed by atoms with Crippen LogP contribution in [0.1, 0.15) is 15.4 Å². The third kappa shape index (κ3) is 3.41. The second kappa shape index (κ2) is 6.81. The van der Waals surface area contributed by atoms with Crippen LogP contribution < -0.4 is 4.90 Å². The lowest BCUT2D eigenvalue weighted by Crippen LogP contribution is -2.32. The molecular formula is C16H13FN4O3S. The zero-order chi connectivity index (χ0) is 18.0. The first-order chi connectivity index (χ1) is 12.0. The molecule has 0 bridgehead atoms. The van der Waals surface area contributed by atoms with E-state index in [9.17, 15) is 19.3 Å². The van der Waals surface area contributed by atoms with Crippen molar-refractivity contribution in [2.24, 2.45) is 7.05 Å². The van der Waals surface area contributed by atoms with Gasteiger partial charge >= 0.3 is 5.69 Å². The zero-order valence-electron chi connectivity index (χ0n) is 13.1. The smallest absolute Gasteiger partial charge is 0.302 e. The summed E-state index contributed by atoms with van der Waals surface area (Å²) >= 11 is 1.45. The van der Waals surface area contributed by atoms with Crippen molar-refractivity contribution < 1.29 is 14.1 Å². The Labute approximate surface area is 146 Å². The molecule has 0 fully saturated rings. The molecule has 2 aromatic heterocycles. The summed E-state index contributed by atoms with van der Waals surface area (Å²) in [6, 6.07) is 9.10. The van der Waals surface area contributed by atoms with Crippen molar-refractivity contribution in [1.29, 1.82) is 0 Å². The molecular weight excluding hydrogens is 347 g/mol. The van der Waals surface area contributed by atoms with E-state index in [1.807, 2.05) is 17.5 Å². The van der Waals surface area contributed by atoms with E-state index >= 15 is 0 Å². The largest absolute Gasteiger partial charge is 0.320 e. The molecule has 7 nitrogen and oxygen atoms in total. The lowest BCUT2D eigenvalue weighted by Gasteiger charge is -2.22. The highest BCUT2D eigenvalue weighted by Crippen LogP contribution is 2.26. The standard InChI is InChI=1S/C16H13FN4O3S/c1-19-15(14(9-18-19)21(23)24)16(22)20(10-13-3-2-8-25-13)12-6-4-11(17)5-7-12/h2-9H,10H2,1H3. The van der Waals surface area contributed by atoms with Crippen LogP contribution in [0, 0.1) is 15.9 Å². The number of nitrogens with zero attached hydrogens (tertiary/aromatic N) is 4. The molecule has 0 spiro atoms. The first kappa shape index (κ1) is 16.8. The molecule has 0 atom stereocenters. The number of hydrogen-bond donors (Lipinski definition) is 0. The predicted octanol–water partition coefficient (Wildman–Crippen LogP) is 3.38. The third-order valence-electron chi connectivity index (χ3n) is 3.60. The number of carbonyl (C=O) groups excluding carboxylic acids is 1. The van der Waals surface area contributed by atoms with E-state index in [0.717, 1.165) is 11.1 Å². The summed E-state index contributed by atoms with van der Waals surface area (Å²) in [5.74, 6) is -1.01. The Morgan fingerprint density at radius 2 is 2.08 bits per heavy atom. The number of nitro groups is 1. The van der Waals surface area contributed by atoms with Crippen LogP contribution in [0.2, 0.25) is 0 Å². The van der Waals surface area contributed by atoms with Gasteiger partial charge in [-0.3, -0.25) is 19.6 Å². The molecule has 25 heavy (non-hydrogen) atoms. The summed E-state index contributed by atoms with van der Waals surface area (Å²) < 4.78 is 14.4. The van der Waals surface area contributed by atoms with E-state index in [2.05, 4.69) is 5.10 Å². The number of aryl methyl sites for hydroxylation is 1.